The van der Waals surface area contributed by atoms with Crippen LogP contribution in [0, 0.1) is 20.8 Å². The molecule has 2 aromatic carbocycles. The Labute approximate surface area is 214 Å². The van der Waals surface area contributed by atoms with Crippen molar-refractivity contribution >= 4 is 34.5 Å². The smallest absolute Gasteiger partial charge is 0.339 e. The van der Waals surface area contributed by atoms with Crippen LogP contribution in [-0.2, 0) is 20.9 Å². The predicted octanol–water partition coefficient (Wildman–Crippen LogP) is 3.96. The summed E-state index contributed by atoms with van der Waals surface area (Å²) in [7, 11) is 0. The highest BCUT2D eigenvalue weighted by Gasteiger charge is 2.19. The van der Waals surface area contributed by atoms with Gasteiger partial charge in [-0.05, 0) is 44.9 Å². The summed E-state index contributed by atoms with van der Waals surface area (Å²) in [6.07, 6.45) is 1.57. The molecule has 2 amide bonds. The van der Waals surface area contributed by atoms with Crippen molar-refractivity contribution in [3.63, 3.8) is 0 Å². The monoisotopic (exact) mass is 499 g/mol. The van der Waals surface area contributed by atoms with Gasteiger partial charge in [-0.15, -0.1) is 0 Å². The SMILES string of the molecule is CCn1ncc2c(C(=O)OCC(=O)NCC(=O)Nc3c(C)cc(C)cc3C)cc(-c3ccccc3)nc21. The third-order valence-electron chi connectivity index (χ3n) is 5.92. The minimum atomic E-state index is -0.675. The van der Waals surface area contributed by atoms with Crippen molar-refractivity contribution < 1.29 is 19.1 Å². The number of nitrogens with zero attached hydrogens (tertiary/aromatic N) is 3. The number of ether oxygens (including phenoxy) is 1. The Balaban J connectivity index is 1.41. The number of benzene rings is 2. The molecule has 0 saturated heterocycles. The molecule has 4 rings (SSSR count). The Hall–Kier alpha value is -4.53. The quantitative estimate of drug-likeness (QED) is 0.355. The standard InChI is InChI=1S/C28H29N5O4/c1-5-33-27-22(14-30-33)21(13-23(31-27)20-9-7-6-8-10-20)28(36)37-16-25(35)29-15-24(34)32-26-18(3)11-17(2)12-19(26)4/h6-14H,5,15-16H2,1-4H3,(H,29,35)(H,32,34). The van der Waals surface area contributed by atoms with Crippen LogP contribution in [0.1, 0.15) is 34.0 Å². The number of anilines is 1. The van der Waals surface area contributed by atoms with Crippen LogP contribution in [-0.4, -0.2) is 45.7 Å². The molecule has 4 aromatic rings. The molecule has 0 spiro atoms. The maximum absolute atomic E-state index is 13.0. The fourth-order valence-corrected chi connectivity index (χ4v) is 4.20. The largest absolute Gasteiger partial charge is 0.452 e. The van der Waals surface area contributed by atoms with Gasteiger partial charge in [0.05, 0.1) is 29.4 Å². The van der Waals surface area contributed by atoms with E-state index in [0.717, 1.165) is 27.9 Å². The maximum Gasteiger partial charge on any atom is 0.339 e. The minimum Gasteiger partial charge on any atom is -0.452 e. The average molecular weight is 500 g/mol. The molecule has 9 heteroatoms. The highest BCUT2D eigenvalue weighted by molar-refractivity contribution is 6.04. The Morgan fingerprint density at radius 2 is 1.68 bits per heavy atom. The van der Waals surface area contributed by atoms with Crippen LogP contribution in [0.25, 0.3) is 22.3 Å². The van der Waals surface area contributed by atoms with E-state index in [0.29, 0.717) is 23.3 Å². The second-order valence-electron chi connectivity index (χ2n) is 8.79. The summed E-state index contributed by atoms with van der Waals surface area (Å²) in [6, 6.07) is 15.1. The lowest BCUT2D eigenvalue weighted by Crippen LogP contribution is -2.35. The van der Waals surface area contributed by atoms with E-state index in [2.05, 4.69) is 20.7 Å². The van der Waals surface area contributed by atoms with Gasteiger partial charge >= 0.3 is 5.97 Å². The molecule has 0 saturated carbocycles. The van der Waals surface area contributed by atoms with Crippen molar-refractivity contribution in [1.29, 1.82) is 0 Å². The number of carbonyl (C=O) groups excluding carboxylic acids is 3. The van der Waals surface area contributed by atoms with Gasteiger partial charge in [0.15, 0.2) is 12.3 Å². The number of pyridine rings is 1. The van der Waals surface area contributed by atoms with Crippen LogP contribution in [0.5, 0.6) is 0 Å². The highest BCUT2D eigenvalue weighted by Crippen LogP contribution is 2.25. The fraction of sp³-hybridized carbons (Fsp3) is 0.250. The van der Waals surface area contributed by atoms with Crippen molar-refractivity contribution in [3.8, 4) is 11.3 Å². The number of rotatable bonds is 8. The van der Waals surface area contributed by atoms with Crippen molar-refractivity contribution in [3.05, 3.63) is 77.0 Å². The van der Waals surface area contributed by atoms with E-state index in [9.17, 15) is 14.4 Å². The van der Waals surface area contributed by atoms with Crippen LogP contribution < -0.4 is 10.6 Å². The molecule has 0 aliphatic rings. The van der Waals surface area contributed by atoms with Crippen LogP contribution in [0.2, 0.25) is 0 Å². The van der Waals surface area contributed by atoms with E-state index in [1.54, 1.807) is 16.9 Å². The molecule has 0 bridgehead atoms. The van der Waals surface area contributed by atoms with Gasteiger partial charge < -0.3 is 15.4 Å². The predicted molar refractivity (Wildman–Crippen MR) is 141 cm³/mol. The second-order valence-corrected chi connectivity index (χ2v) is 8.79. The van der Waals surface area contributed by atoms with Crippen molar-refractivity contribution in [2.75, 3.05) is 18.5 Å². The van der Waals surface area contributed by atoms with E-state index < -0.39 is 18.5 Å². The first-order valence-electron chi connectivity index (χ1n) is 12.0. The lowest BCUT2D eigenvalue weighted by Gasteiger charge is -2.13. The zero-order chi connectivity index (χ0) is 26.5. The topological polar surface area (TPSA) is 115 Å². The maximum atomic E-state index is 13.0. The highest BCUT2D eigenvalue weighted by atomic mass is 16.5. The molecule has 190 valence electrons. The minimum absolute atomic E-state index is 0.246. The second kappa shape index (κ2) is 11.0. The number of esters is 1. The van der Waals surface area contributed by atoms with Gasteiger partial charge in [-0.2, -0.15) is 5.10 Å². The lowest BCUT2D eigenvalue weighted by molar-refractivity contribution is -0.126. The normalized spacial score (nSPS) is 10.8. The van der Waals surface area contributed by atoms with Gasteiger partial charge in [0, 0.05) is 17.8 Å². The third kappa shape index (κ3) is 5.83. The van der Waals surface area contributed by atoms with Gasteiger partial charge in [-0.25, -0.2) is 14.5 Å². The Morgan fingerprint density at radius 1 is 0.973 bits per heavy atom. The van der Waals surface area contributed by atoms with Gasteiger partial charge in [0.2, 0.25) is 5.91 Å². The molecule has 0 radical (unpaired) electrons. The Kier molecular flexibility index (Phi) is 7.62. The summed E-state index contributed by atoms with van der Waals surface area (Å²) >= 11 is 0. The number of hydrogen-bond donors (Lipinski definition) is 2. The number of fused-ring (bicyclic) bond motifs is 1. The first kappa shape index (κ1) is 25.6. The summed E-state index contributed by atoms with van der Waals surface area (Å²) in [4.78, 5) is 42.3. The molecule has 2 heterocycles. The van der Waals surface area contributed by atoms with E-state index >= 15 is 0 Å². The number of aromatic nitrogens is 3. The number of amides is 2. The van der Waals surface area contributed by atoms with Crippen LogP contribution in [0.4, 0.5) is 5.69 Å². The molecule has 0 atom stereocenters. The van der Waals surface area contributed by atoms with Crippen molar-refractivity contribution in [2.24, 2.45) is 0 Å². The van der Waals surface area contributed by atoms with E-state index in [-0.39, 0.29) is 18.0 Å². The van der Waals surface area contributed by atoms with Crippen molar-refractivity contribution in [1.82, 2.24) is 20.1 Å². The van der Waals surface area contributed by atoms with Crippen LogP contribution in [0.15, 0.2) is 54.7 Å². The van der Waals surface area contributed by atoms with Gasteiger partial charge in [-0.3, -0.25) is 9.59 Å². The van der Waals surface area contributed by atoms with Gasteiger partial charge in [0.25, 0.3) is 5.91 Å². The molecule has 2 aromatic heterocycles. The molecule has 0 fully saturated rings. The summed E-state index contributed by atoms with van der Waals surface area (Å²) in [6.45, 7) is 7.56. The number of aryl methyl sites for hydroxylation is 4. The first-order valence-corrected chi connectivity index (χ1v) is 12.0. The molecule has 0 unspecified atom stereocenters. The molecular formula is C28H29N5O4. The van der Waals surface area contributed by atoms with Gasteiger partial charge in [0.1, 0.15) is 0 Å². The molecule has 0 aliphatic carbocycles. The van der Waals surface area contributed by atoms with Gasteiger partial charge in [-0.1, -0.05) is 48.0 Å². The van der Waals surface area contributed by atoms with E-state index in [1.165, 1.54) is 0 Å². The number of carbonyl (C=O) groups is 3. The molecule has 2 N–H and O–H groups in total. The summed E-state index contributed by atoms with van der Waals surface area (Å²) in [5.41, 5.74) is 5.96. The van der Waals surface area contributed by atoms with Crippen LogP contribution >= 0.6 is 0 Å². The summed E-state index contributed by atoms with van der Waals surface area (Å²) in [5.74, 6) is -1.63. The molecule has 9 nitrogen and oxygen atoms in total. The Bertz CT molecular complexity index is 1450. The third-order valence-corrected chi connectivity index (χ3v) is 5.92. The Morgan fingerprint density at radius 3 is 2.35 bits per heavy atom. The van der Waals surface area contributed by atoms with Crippen molar-refractivity contribution in [2.45, 2.75) is 34.2 Å². The number of nitrogens with one attached hydrogen (secondary N) is 2. The van der Waals surface area contributed by atoms with E-state index in [4.69, 9.17) is 4.74 Å². The number of hydrogen-bond acceptors (Lipinski definition) is 6. The zero-order valence-electron chi connectivity index (χ0n) is 21.3. The summed E-state index contributed by atoms with van der Waals surface area (Å²) in [5, 5.41) is 10.2. The first-order chi connectivity index (χ1) is 17.8. The molecular weight excluding hydrogens is 470 g/mol. The fourth-order valence-electron chi connectivity index (χ4n) is 4.20. The molecule has 0 aliphatic heterocycles. The van der Waals surface area contributed by atoms with E-state index in [1.807, 2.05) is 70.2 Å². The van der Waals surface area contributed by atoms with Crippen LogP contribution in [0.3, 0.4) is 0 Å². The summed E-state index contributed by atoms with van der Waals surface area (Å²) < 4.78 is 6.98. The average Bonchev–Trinajstić information content (AvgIpc) is 3.31. The molecule has 37 heavy (non-hydrogen) atoms. The zero-order valence-corrected chi connectivity index (χ0v) is 21.3. The lowest BCUT2D eigenvalue weighted by atomic mass is 10.1.